The topological polar surface area (TPSA) is 116 Å². The number of rotatable bonds is 5. The Kier molecular flexibility index (Phi) is 4.89. The fourth-order valence-electron chi connectivity index (χ4n) is 2.70. The molecule has 25 heavy (non-hydrogen) atoms. The molecule has 0 atom stereocenters. The van der Waals surface area contributed by atoms with Crippen LogP contribution in [-0.4, -0.2) is 37.1 Å². The number of H-pyrrole nitrogens is 1. The number of carbonyl (C=O) groups excluding carboxylic acids is 1. The lowest BCUT2D eigenvalue weighted by atomic mass is 10.1. The van der Waals surface area contributed by atoms with Gasteiger partial charge in [-0.3, -0.25) is 9.89 Å². The fraction of sp³-hybridized carbons (Fsp3) is 0.375. The van der Waals surface area contributed by atoms with E-state index in [2.05, 4.69) is 25.6 Å². The predicted octanol–water partition coefficient (Wildman–Crippen LogP) is 0.994. The van der Waals surface area contributed by atoms with Gasteiger partial charge in [0, 0.05) is 42.5 Å². The van der Waals surface area contributed by atoms with E-state index >= 15 is 0 Å². The van der Waals surface area contributed by atoms with Gasteiger partial charge in [0.25, 0.3) is 5.91 Å². The summed E-state index contributed by atoms with van der Waals surface area (Å²) in [4.78, 5) is 12.6. The molecule has 1 aromatic heterocycles. The smallest absolute Gasteiger partial charge is 0.276 e. The van der Waals surface area contributed by atoms with Crippen LogP contribution in [0.2, 0.25) is 0 Å². The van der Waals surface area contributed by atoms with Crippen molar-refractivity contribution in [3.8, 4) is 0 Å². The molecule has 0 spiro atoms. The normalized spacial score (nSPS) is 14.4. The number of anilines is 1. The van der Waals surface area contributed by atoms with E-state index in [1.165, 1.54) is 12.1 Å². The van der Waals surface area contributed by atoms with E-state index in [4.69, 9.17) is 0 Å². The summed E-state index contributed by atoms with van der Waals surface area (Å²) in [5.41, 5.74) is 2.73. The molecule has 134 valence electrons. The highest BCUT2D eigenvalue weighted by molar-refractivity contribution is 7.89. The van der Waals surface area contributed by atoms with Crippen molar-refractivity contribution in [2.45, 2.75) is 37.8 Å². The van der Waals surface area contributed by atoms with Gasteiger partial charge in [-0.15, -0.1) is 0 Å². The van der Waals surface area contributed by atoms with Crippen LogP contribution < -0.4 is 15.4 Å². The highest BCUT2D eigenvalue weighted by Gasteiger charge is 2.22. The maximum absolute atomic E-state index is 12.4. The predicted molar refractivity (Wildman–Crippen MR) is 93.9 cm³/mol. The van der Waals surface area contributed by atoms with Gasteiger partial charge in [0.05, 0.1) is 4.90 Å². The van der Waals surface area contributed by atoms with Crippen molar-refractivity contribution in [2.24, 2.45) is 0 Å². The number of carbonyl (C=O) groups is 1. The Morgan fingerprint density at radius 2 is 1.96 bits per heavy atom. The van der Waals surface area contributed by atoms with Gasteiger partial charge in [-0.1, -0.05) is 0 Å². The summed E-state index contributed by atoms with van der Waals surface area (Å²) in [5.74, 6) is -0.322. The first-order chi connectivity index (χ1) is 11.9. The Hall–Kier alpha value is -2.23. The zero-order valence-electron chi connectivity index (χ0n) is 14.1. The Labute approximate surface area is 146 Å². The second kappa shape index (κ2) is 6.95. The molecule has 3 rings (SSSR count). The van der Waals surface area contributed by atoms with Crippen LogP contribution in [0.4, 0.5) is 5.69 Å². The second-order valence-electron chi connectivity index (χ2n) is 6.21. The molecule has 1 aromatic carbocycles. The third kappa shape index (κ3) is 3.89. The molecule has 0 saturated heterocycles. The Morgan fingerprint density at radius 3 is 2.64 bits per heavy atom. The molecular weight excluding hydrogens is 342 g/mol. The summed E-state index contributed by atoms with van der Waals surface area (Å²) in [6.07, 6.45) is 0.811. The molecule has 0 aliphatic carbocycles. The molecule has 1 amide bonds. The number of fused-ring (bicyclic) bond motifs is 1. The molecule has 4 N–H and O–H groups in total. The van der Waals surface area contributed by atoms with Crippen molar-refractivity contribution in [2.75, 3.05) is 11.9 Å². The first kappa shape index (κ1) is 17.6. The molecule has 8 nitrogen and oxygen atoms in total. The molecule has 1 aliphatic heterocycles. The third-order valence-corrected chi connectivity index (χ3v) is 5.51. The number of amides is 1. The fourth-order valence-corrected chi connectivity index (χ4v) is 3.95. The summed E-state index contributed by atoms with van der Waals surface area (Å²) in [5, 5.41) is 13.0. The highest BCUT2D eigenvalue weighted by atomic mass is 32.2. The number of benzene rings is 1. The van der Waals surface area contributed by atoms with E-state index in [0.717, 1.165) is 24.2 Å². The van der Waals surface area contributed by atoms with E-state index in [-0.39, 0.29) is 16.8 Å². The third-order valence-electron chi connectivity index (χ3n) is 3.83. The average Bonchev–Trinajstić information content (AvgIpc) is 2.98. The van der Waals surface area contributed by atoms with Crippen molar-refractivity contribution >= 4 is 21.6 Å². The van der Waals surface area contributed by atoms with Crippen LogP contribution in [0.3, 0.4) is 0 Å². The van der Waals surface area contributed by atoms with E-state index in [1.54, 1.807) is 26.0 Å². The summed E-state index contributed by atoms with van der Waals surface area (Å²) in [6.45, 7) is 4.97. The van der Waals surface area contributed by atoms with Gasteiger partial charge in [0.2, 0.25) is 10.0 Å². The Bertz CT molecular complexity index is 872. The van der Waals surface area contributed by atoms with Gasteiger partial charge in [0.1, 0.15) is 0 Å². The molecule has 0 saturated carbocycles. The first-order valence-corrected chi connectivity index (χ1v) is 9.56. The molecule has 1 aliphatic rings. The minimum atomic E-state index is -3.55. The minimum Gasteiger partial charge on any atom is -0.321 e. The van der Waals surface area contributed by atoms with Crippen LogP contribution in [0, 0.1) is 0 Å². The number of nitrogens with zero attached hydrogens (tertiary/aromatic N) is 1. The lowest BCUT2D eigenvalue weighted by Gasteiger charge is -2.13. The van der Waals surface area contributed by atoms with E-state index in [0.29, 0.717) is 17.9 Å². The molecule has 0 radical (unpaired) electrons. The maximum Gasteiger partial charge on any atom is 0.276 e. The quantitative estimate of drug-likeness (QED) is 0.632. The highest BCUT2D eigenvalue weighted by Crippen LogP contribution is 2.18. The summed E-state index contributed by atoms with van der Waals surface area (Å²) < 4.78 is 26.7. The van der Waals surface area contributed by atoms with Gasteiger partial charge in [0.15, 0.2) is 5.69 Å². The van der Waals surface area contributed by atoms with Crippen molar-refractivity contribution in [1.29, 1.82) is 0 Å². The molecule has 9 heteroatoms. The second-order valence-corrected chi connectivity index (χ2v) is 7.92. The van der Waals surface area contributed by atoms with Crippen LogP contribution in [0.5, 0.6) is 0 Å². The van der Waals surface area contributed by atoms with Gasteiger partial charge in [-0.25, -0.2) is 13.1 Å². The molecule has 0 unspecified atom stereocenters. The number of hydrogen-bond donors (Lipinski definition) is 4. The van der Waals surface area contributed by atoms with Gasteiger partial charge >= 0.3 is 0 Å². The molecular formula is C16H21N5O3S. The average molecular weight is 363 g/mol. The van der Waals surface area contributed by atoms with Crippen LogP contribution in [-0.2, 0) is 23.0 Å². The standard InChI is InChI=1S/C16H21N5O3S/c1-10(2)21-25(23,24)12-5-3-11(4-6-12)18-16(22)15-13-9-17-8-7-14(13)19-20-15/h3-6,10,17,21H,7-9H2,1-2H3,(H,18,22)(H,19,20). The summed E-state index contributed by atoms with van der Waals surface area (Å²) in [6, 6.07) is 5.85. The number of sulfonamides is 1. The van der Waals surface area contributed by atoms with E-state index in [1.807, 2.05) is 0 Å². The van der Waals surface area contributed by atoms with Crippen LogP contribution in [0.15, 0.2) is 29.2 Å². The number of aromatic nitrogens is 2. The largest absolute Gasteiger partial charge is 0.321 e. The minimum absolute atomic E-state index is 0.153. The number of aromatic amines is 1. The lowest BCUT2D eigenvalue weighted by Crippen LogP contribution is -2.30. The van der Waals surface area contributed by atoms with Gasteiger partial charge in [-0.2, -0.15) is 5.10 Å². The van der Waals surface area contributed by atoms with Crippen molar-refractivity contribution in [3.63, 3.8) is 0 Å². The van der Waals surface area contributed by atoms with Crippen molar-refractivity contribution < 1.29 is 13.2 Å². The zero-order valence-corrected chi connectivity index (χ0v) is 14.9. The molecule has 2 aromatic rings. The summed E-state index contributed by atoms with van der Waals surface area (Å²) >= 11 is 0. The number of nitrogens with one attached hydrogen (secondary N) is 4. The van der Waals surface area contributed by atoms with Crippen molar-refractivity contribution in [3.05, 3.63) is 41.2 Å². The van der Waals surface area contributed by atoms with E-state index < -0.39 is 10.0 Å². The van der Waals surface area contributed by atoms with Crippen LogP contribution in [0.1, 0.15) is 35.6 Å². The maximum atomic E-state index is 12.4. The lowest BCUT2D eigenvalue weighted by molar-refractivity contribution is 0.102. The summed E-state index contributed by atoms with van der Waals surface area (Å²) in [7, 11) is -3.55. The zero-order chi connectivity index (χ0) is 18.0. The Morgan fingerprint density at radius 1 is 1.24 bits per heavy atom. The molecule has 2 heterocycles. The van der Waals surface area contributed by atoms with Gasteiger partial charge < -0.3 is 10.6 Å². The van der Waals surface area contributed by atoms with Crippen LogP contribution >= 0.6 is 0 Å². The SMILES string of the molecule is CC(C)NS(=O)(=O)c1ccc(NC(=O)c2n[nH]c3c2CNCC3)cc1. The number of hydrogen-bond acceptors (Lipinski definition) is 5. The Balaban J connectivity index is 1.73. The molecule has 0 fully saturated rings. The van der Waals surface area contributed by atoms with E-state index in [9.17, 15) is 13.2 Å². The van der Waals surface area contributed by atoms with Gasteiger partial charge in [-0.05, 0) is 38.1 Å². The monoisotopic (exact) mass is 363 g/mol. The molecule has 0 bridgehead atoms. The van der Waals surface area contributed by atoms with Crippen LogP contribution in [0.25, 0.3) is 0 Å². The first-order valence-electron chi connectivity index (χ1n) is 8.07. The van der Waals surface area contributed by atoms with Crippen molar-refractivity contribution in [1.82, 2.24) is 20.2 Å².